The SMILES string of the molecule is C[C@H](Sc1ccccc1Cl)C(=O)Nc1ccc(F)c(F)c1. The molecule has 0 saturated carbocycles. The fraction of sp³-hybridized carbons (Fsp3) is 0.133. The molecule has 2 rings (SSSR count). The Bertz CT molecular complexity index is 666. The molecule has 0 aromatic heterocycles. The van der Waals surface area contributed by atoms with Crippen LogP contribution < -0.4 is 5.32 Å². The van der Waals surface area contributed by atoms with E-state index in [0.717, 1.165) is 17.0 Å². The van der Waals surface area contributed by atoms with Gasteiger partial charge in [0.05, 0.1) is 10.3 Å². The monoisotopic (exact) mass is 327 g/mol. The average Bonchev–Trinajstić information content (AvgIpc) is 2.45. The van der Waals surface area contributed by atoms with Crippen molar-refractivity contribution >= 4 is 35.0 Å². The smallest absolute Gasteiger partial charge is 0.237 e. The summed E-state index contributed by atoms with van der Waals surface area (Å²) in [7, 11) is 0. The number of anilines is 1. The van der Waals surface area contributed by atoms with Gasteiger partial charge in [-0.2, -0.15) is 0 Å². The van der Waals surface area contributed by atoms with Crippen molar-refractivity contribution in [1.82, 2.24) is 0 Å². The van der Waals surface area contributed by atoms with Crippen LogP contribution in [0.3, 0.4) is 0 Å². The van der Waals surface area contributed by atoms with E-state index in [-0.39, 0.29) is 11.6 Å². The molecule has 0 aliphatic carbocycles. The number of rotatable bonds is 4. The minimum Gasteiger partial charge on any atom is -0.325 e. The molecule has 1 N–H and O–H groups in total. The van der Waals surface area contributed by atoms with E-state index < -0.39 is 16.9 Å². The third-order valence-corrected chi connectivity index (χ3v) is 4.32. The number of thioether (sulfide) groups is 1. The molecule has 0 heterocycles. The van der Waals surface area contributed by atoms with E-state index in [9.17, 15) is 13.6 Å². The summed E-state index contributed by atoms with van der Waals surface area (Å²) in [5.41, 5.74) is 0.213. The number of hydrogen-bond acceptors (Lipinski definition) is 2. The van der Waals surface area contributed by atoms with Crippen LogP contribution in [0.2, 0.25) is 5.02 Å². The first-order chi connectivity index (χ1) is 9.97. The molecule has 0 radical (unpaired) electrons. The molecule has 0 spiro atoms. The lowest BCUT2D eigenvalue weighted by Crippen LogP contribution is -2.22. The summed E-state index contributed by atoms with van der Waals surface area (Å²) in [5, 5.41) is 2.67. The molecule has 21 heavy (non-hydrogen) atoms. The van der Waals surface area contributed by atoms with Gasteiger partial charge in [0.1, 0.15) is 0 Å². The van der Waals surface area contributed by atoms with Crippen molar-refractivity contribution < 1.29 is 13.6 Å². The molecule has 6 heteroatoms. The molecule has 0 aliphatic heterocycles. The number of carbonyl (C=O) groups excluding carboxylic acids is 1. The molecule has 2 aromatic rings. The van der Waals surface area contributed by atoms with Gasteiger partial charge in [-0.15, -0.1) is 11.8 Å². The molecular weight excluding hydrogens is 316 g/mol. The van der Waals surface area contributed by atoms with E-state index in [2.05, 4.69) is 5.32 Å². The van der Waals surface area contributed by atoms with Crippen LogP contribution in [0, 0.1) is 11.6 Å². The van der Waals surface area contributed by atoms with Gasteiger partial charge in [-0.05, 0) is 31.2 Å². The lowest BCUT2D eigenvalue weighted by Gasteiger charge is -2.13. The van der Waals surface area contributed by atoms with Crippen LogP contribution in [0.4, 0.5) is 14.5 Å². The molecule has 0 aliphatic rings. The first kappa shape index (κ1) is 15.8. The fourth-order valence-corrected chi connectivity index (χ4v) is 2.76. The maximum absolute atomic E-state index is 13.1. The van der Waals surface area contributed by atoms with E-state index >= 15 is 0 Å². The predicted octanol–water partition coefficient (Wildman–Crippen LogP) is 4.74. The largest absolute Gasteiger partial charge is 0.325 e. The van der Waals surface area contributed by atoms with Crippen LogP contribution in [-0.2, 0) is 4.79 Å². The number of benzene rings is 2. The number of halogens is 3. The van der Waals surface area contributed by atoms with Gasteiger partial charge in [0.25, 0.3) is 0 Å². The van der Waals surface area contributed by atoms with Crippen molar-refractivity contribution in [3.8, 4) is 0 Å². The lowest BCUT2D eigenvalue weighted by atomic mass is 10.3. The second-order valence-corrected chi connectivity index (χ2v) is 6.10. The van der Waals surface area contributed by atoms with Crippen LogP contribution in [0.1, 0.15) is 6.92 Å². The Morgan fingerprint density at radius 2 is 1.90 bits per heavy atom. The minimum atomic E-state index is -1.00. The van der Waals surface area contributed by atoms with Crippen LogP contribution in [0.15, 0.2) is 47.4 Å². The van der Waals surface area contributed by atoms with Gasteiger partial charge in [0.15, 0.2) is 11.6 Å². The predicted molar refractivity (Wildman–Crippen MR) is 81.8 cm³/mol. The Balaban J connectivity index is 2.02. The first-order valence-electron chi connectivity index (χ1n) is 6.14. The summed E-state index contributed by atoms with van der Waals surface area (Å²) in [6.07, 6.45) is 0. The summed E-state index contributed by atoms with van der Waals surface area (Å²) < 4.78 is 25.9. The lowest BCUT2D eigenvalue weighted by molar-refractivity contribution is -0.115. The van der Waals surface area contributed by atoms with Crippen molar-refractivity contribution in [1.29, 1.82) is 0 Å². The fourth-order valence-electron chi connectivity index (χ4n) is 1.60. The van der Waals surface area contributed by atoms with Crippen LogP contribution in [0.5, 0.6) is 0 Å². The van der Waals surface area contributed by atoms with Gasteiger partial charge in [-0.1, -0.05) is 23.7 Å². The van der Waals surface area contributed by atoms with Crippen LogP contribution >= 0.6 is 23.4 Å². The molecule has 110 valence electrons. The summed E-state index contributed by atoms with van der Waals surface area (Å²) >= 11 is 7.32. The standard InChI is InChI=1S/C15H12ClF2NOS/c1-9(21-14-5-3-2-4-11(14)16)15(20)19-10-6-7-12(17)13(18)8-10/h2-9H,1H3,(H,19,20)/t9-/m0/s1. The second kappa shape index (κ2) is 6.91. The Hall–Kier alpha value is -1.59. The number of carbonyl (C=O) groups is 1. The first-order valence-corrected chi connectivity index (χ1v) is 7.40. The number of hydrogen-bond donors (Lipinski definition) is 1. The minimum absolute atomic E-state index is 0.213. The highest BCUT2D eigenvalue weighted by Gasteiger charge is 2.16. The highest BCUT2D eigenvalue weighted by molar-refractivity contribution is 8.00. The molecule has 0 bridgehead atoms. The topological polar surface area (TPSA) is 29.1 Å². The Labute approximate surface area is 130 Å². The molecule has 1 atom stereocenters. The highest BCUT2D eigenvalue weighted by atomic mass is 35.5. The molecule has 0 saturated heterocycles. The van der Waals surface area contributed by atoms with Crippen molar-refractivity contribution in [3.63, 3.8) is 0 Å². The molecule has 1 amide bonds. The van der Waals surface area contributed by atoms with Crippen LogP contribution in [0.25, 0.3) is 0 Å². The maximum Gasteiger partial charge on any atom is 0.237 e. The zero-order valence-corrected chi connectivity index (χ0v) is 12.6. The summed E-state index contributed by atoms with van der Waals surface area (Å²) in [5.74, 6) is -2.27. The molecular formula is C15H12ClF2NOS. The Morgan fingerprint density at radius 1 is 1.19 bits per heavy atom. The quantitative estimate of drug-likeness (QED) is 0.822. The van der Waals surface area contributed by atoms with Gasteiger partial charge in [0.2, 0.25) is 5.91 Å². The van der Waals surface area contributed by atoms with Crippen molar-refractivity contribution in [2.75, 3.05) is 5.32 Å². The van der Waals surface area contributed by atoms with Gasteiger partial charge in [0, 0.05) is 16.6 Å². The second-order valence-electron chi connectivity index (χ2n) is 4.31. The van der Waals surface area contributed by atoms with Gasteiger partial charge < -0.3 is 5.32 Å². The third-order valence-electron chi connectivity index (χ3n) is 2.70. The summed E-state index contributed by atoms with van der Waals surface area (Å²) in [6.45, 7) is 1.71. The molecule has 2 nitrogen and oxygen atoms in total. The van der Waals surface area contributed by atoms with Gasteiger partial charge in [-0.25, -0.2) is 8.78 Å². The molecule has 0 unspecified atom stereocenters. The van der Waals surface area contributed by atoms with E-state index in [1.54, 1.807) is 19.1 Å². The van der Waals surface area contributed by atoms with Crippen molar-refractivity contribution in [3.05, 3.63) is 59.1 Å². The zero-order chi connectivity index (χ0) is 15.4. The van der Waals surface area contributed by atoms with Crippen molar-refractivity contribution in [2.45, 2.75) is 17.1 Å². The van der Waals surface area contributed by atoms with E-state index in [1.807, 2.05) is 12.1 Å². The van der Waals surface area contributed by atoms with E-state index in [0.29, 0.717) is 5.02 Å². The van der Waals surface area contributed by atoms with E-state index in [4.69, 9.17) is 11.6 Å². The van der Waals surface area contributed by atoms with Gasteiger partial charge in [-0.3, -0.25) is 4.79 Å². The Kier molecular flexibility index (Phi) is 5.20. The maximum atomic E-state index is 13.1. The van der Waals surface area contributed by atoms with Gasteiger partial charge >= 0.3 is 0 Å². The zero-order valence-electron chi connectivity index (χ0n) is 11.1. The van der Waals surface area contributed by atoms with Crippen molar-refractivity contribution in [2.24, 2.45) is 0 Å². The normalized spacial score (nSPS) is 12.0. The third kappa shape index (κ3) is 4.19. The van der Waals surface area contributed by atoms with Crippen LogP contribution in [-0.4, -0.2) is 11.2 Å². The Morgan fingerprint density at radius 3 is 2.57 bits per heavy atom. The molecule has 2 aromatic carbocycles. The number of nitrogens with one attached hydrogen (secondary N) is 1. The summed E-state index contributed by atoms with van der Waals surface area (Å²) in [4.78, 5) is 12.8. The highest BCUT2D eigenvalue weighted by Crippen LogP contribution is 2.30. The number of amides is 1. The van der Waals surface area contributed by atoms with E-state index in [1.165, 1.54) is 17.8 Å². The summed E-state index contributed by atoms with van der Waals surface area (Å²) in [6, 6.07) is 10.4. The molecule has 0 fully saturated rings. The average molecular weight is 328 g/mol.